The van der Waals surface area contributed by atoms with Crippen LogP contribution in [0.15, 0.2) is 24.3 Å². The molecule has 2 aliphatic rings. The van der Waals surface area contributed by atoms with Crippen LogP contribution in [0.25, 0.3) is 0 Å². The van der Waals surface area contributed by atoms with E-state index in [1.165, 1.54) is 12.0 Å². The van der Waals surface area contributed by atoms with E-state index in [2.05, 4.69) is 18.6 Å². The van der Waals surface area contributed by atoms with Crippen molar-refractivity contribution >= 4 is 10.2 Å². The molecule has 1 aromatic carbocycles. The first-order valence-electron chi connectivity index (χ1n) is 8.45. The number of nitrogens with zero attached hydrogens (tertiary/aromatic N) is 1. The minimum absolute atomic E-state index is 0.210. The van der Waals surface area contributed by atoms with Gasteiger partial charge in [0.1, 0.15) is 12.4 Å². The highest BCUT2D eigenvalue weighted by Gasteiger charge is 2.43. The van der Waals surface area contributed by atoms with E-state index in [0.717, 1.165) is 18.6 Å². The van der Waals surface area contributed by atoms with E-state index in [1.54, 1.807) is 4.31 Å². The number of piperidine rings is 1. The zero-order valence-corrected chi connectivity index (χ0v) is 14.7. The molecule has 3 rings (SSSR count). The molecule has 23 heavy (non-hydrogen) atoms. The average molecular weight is 338 g/mol. The largest absolute Gasteiger partial charge is 0.492 e. The topological polar surface area (TPSA) is 58.6 Å². The van der Waals surface area contributed by atoms with Gasteiger partial charge >= 0.3 is 0 Å². The number of hydrogen-bond donors (Lipinski definition) is 1. The van der Waals surface area contributed by atoms with Gasteiger partial charge in [0, 0.05) is 19.1 Å². The molecule has 6 heteroatoms. The molecular formula is C17H26N2O3S. The summed E-state index contributed by atoms with van der Waals surface area (Å²) in [4.78, 5) is 0. The molecule has 2 unspecified atom stereocenters. The predicted molar refractivity (Wildman–Crippen MR) is 90.8 cm³/mol. The van der Waals surface area contributed by atoms with E-state index < -0.39 is 10.2 Å². The van der Waals surface area contributed by atoms with E-state index in [1.807, 2.05) is 24.3 Å². The summed E-state index contributed by atoms with van der Waals surface area (Å²) in [5.74, 6) is 1.83. The molecule has 0 amide bonds. The first-order valence-corrected chi connectivity index (χ1v) is 9.89. The summed E-state index contributed by atoms with van der Waals surface area (Å²) in [6.07, 6.45) is 3.20. The van der Waals surface area contributed by atoms with Gasteiger partial charge in [-0.15, -0.1) is 0 Å². The molecule has 1 saturated carbocycles. The van der Waals surface area contributed by atoms with Crippen LogP contribution in [0, 0.1) is 5.92 Å². The lowest BCUT2D eigenvalue weighted by Gasteiger charge is -2.26. The van der Waals surface area contributed by atoms with Crippen LogP contribution in [0.1, 0.15) is 44.6 Å². The van der Waals surface area contributed by atoms with Crippen molar-refractivity contribution in [1.29, 1.82) is 0 Å². The van der Waals surface area contributed by atoms with E-state index >= 15 is 0 Å². The standard InChI is InChI=1S/C17H26N2O3S/c1-13(2)15-4-7-17(8-5-15)22-10-9-18-23(20,21)19-12-14-3-6-16(19)11-14/h4-5,7-8,13-14,16,18H,3,6,9-12H2,1-2H3. The molecule has 0 aromatic heterocycles. The van der Waals surface area contributed by atoms with Crippen LogP contribution in [0.5, 0.6) is 5.75 Å². The van der Waals surface area contributed by atoms with Crippen molar-refractivity contribution in [2.75, 3.05) is 19.7 Å². The number of rotatable bonds is 7. The average Bonchev–Trinajstić information content (AvgIpc) is 3.15. The lowest BCUT2D eigenvalue weighted by Crippen LogP contribution is -2.45. The summed E-state index contributed by atoms with van der Waals surface area (Å²) in [6.45, 7) is 5.60. The molecule has 1 aromatic rings. The van der Waals surface area contributed by atoms with E-state index in [-0.39, 0.29) is 6.04 Å². The predicted octanol–water partition coefficient (Wildman–Crippen LogP) is 2.51. The Morgan fingerprint density at radius 3 is 2.57 bits per heavy atom. The van der Waals surface area contributed by atoms with Crippen molar-refractivity contribution in [2.45, 2.75) is 45.1 Å². The molecule has 2 atom stereocenters. The van der Waals surface area contributed by atoms with Gasteiger partial charge in [0.2, 0.25) is 0 Å². The van der Waals surface area contributed by atoms with Gasteiger partial charge in [-0.25, -0.2) is 0 Å². The van der Waals surface area contributed by atoms with Gasteiger partial charge < -0.3 is 4.74 Å². The number of benzene rings is 1. The monoisotopic (exact) mass is 338 g/mol. The summed E-state index contributed by atoms with van der Waals surface area (Å²) in [5.41, 5.74) is 1.27. The quantitative estimate of drug-likeness (QED) is 0.777. The molecule has 1 heterocycles. The maximum atomic E-state index is 12.3. The Bertz CT molecular complexity index is 628. The Labute approximate surface area is 139 Å². The van der Waals surface area contributed by atoms with Crippen molar-refractivity contribution in [2.24, 2.45) is 5.92 Å². The second-order valence-electron chi connectivity index (χ2n) is 6.87. The van der Waals surface area contributed by atoms with Crippen LogP contribution < -0.4 is 9.46 Å². The first kappa shape index (κ1) is 16.7. The van der Waals surface area contributed by atoms with Crippen LogP contribution in [-0.2, 0) is 10.2 Å². The number of ether oxygens (including phenoxy) is 1. The highest BCUT2D eigenvalue weighted by Crippen LogP contribution is 2.38. The normalized spacial score (nSPS) is 24.5. The van der Waals surface area contributed by atoms with Gasteiger partial charge in [-0.3, -0.25) is 0 Å². The highest BCUT2D eigenvalue weighted by atomic mass is 32.2. The molecular weight excluding hydrogens is 312 g/mol. The Hall–Kier alpha value is -1.11. The van der Waals surface area contributed by atoms with E-state index in [0.29, 0.717) is 31.5 Å². The Morgan fingerprint density at radius 2 is 2.00 bits per heavy atom. The summed E-state index contributed by atoms with van der Waals surface area (Å²) < 4.78 is 34.5. The summed E-state index contributed by atoms with van der Waals surface area (Å²) in [7, 11) is -3.36. The molecule has 128 valence electrons. The van der Waals surface area contributed by atoms with Gasteiger partial charge in [-0.05, 0) is 48.8 Å². The van der Waals surface area contributed by atoms with Crippen LogP contribution >= 0.6 is 0 Å². The van der Waals surface area contributed by atoms with Gasteiger partial charge in [-0.1, -0.05) is 26.0 Å². The summed E-state index contributed by atoms with van der Waals surface area (Å²) in [5, 5.41) is 0. The number of nitrogens with one attached hydrogen (secondary N) is 1. The molecule has 2 fully saturated rings. The van der Waals surface area contributed by atoms with Crippen molar-refractivity contribution in [3.8, 4) is 5.75 Å². The zero-order chi connectivity index (χ0) is 16.4. The lowest BCUT2D eigenvalue weighted by molar-refractivity contribution is 0.309. The SMILES string of the molecule is CC(C)c1ccc(OCCNS(=O)(=O)N2CC3CCC2C3)cc1. The maximum absolute atomic E-state index is 12.3. The van der Waals surface area contributed by atoms with Crippen LogP contribution in [0.2, 0.25) is 0 Å². The van der Waals surface area contributed by atoms with Crippen LogP contribution in [0.3, 0.4) is 0 Å². The molecule has 0 radical (unpaired) electrons. The van der Waals surface area contributed by atoms with E-state index in [4.69, 9.17) is 4.74 Å². The minimum Gasteiger partial charge on any atom is -0.492 e. The molecule has 2 bridgehead atoms. The van der Waals surface area contributed by atoms with Crippen molar-refractivity contribution in [3.63, 3.8) is 0 Å². The van der Waals surface area contributed by atoms with Gasteiger partial charge in [0.05, 0.1) is 0 Å². The fourth-order valence-electron chi connectivity index (χ4n) is 3.55. The Kier molecular flexibility index (Phi) is 4.94. The smallest absolute Gasteiger partial charge is 0.279 e. The fraction of sp³-hybridized carbons (Fsp3) is 0.647. The summed E-state index contributed by atoms with van der Waals surface area (Å²) in [6, 6.07) is 8.17. The third-order valence-corrected chi connectivity index (χ3v) is 6.50. The molecule has 5 nitrogen and oxygen atoms in total. The van der Waals surface area contributed by atoms with Gasteiger partial charge in [0.15, 0.2) is 0 Å². The maximum Gasteiger partial charge on any atom is 0.279 e. The fourth-order valence-corrected chi connectivity index (χ4v) is 5.04. The number of hydrogen-bond acceptors (Lipinski definition) is 3. The Morgan fingerprint density at radius 1 is 1.26 bits per heavy atom. The third-order valence-electron chi connectivity index (χ3n) is 4.87. The van der Waals surface area contributed by atoms with Crippen LogP contribution in [-0.4, -0.2) is 38.5 Å². The molecule has 1 saturated heterocycles. The van der Waals surface area contributed by atoms with Gasteiger partial charge in [-0.2, -0.15) is 17.4 Å². The van der Waals surface area contributed by atoms with Crippen molar-refractivity contribution < 1.29 is 13.2 Å². The van der Waals surface area contributed by atoms with Crippen LogP contribution in [0.4, 0.5) is 0 Å². The first-order chi connectivity index (χ1) is 11.0. The van der Waals surface area contributed by atoms with Crippen molar-refractivity contribution in [1.82, 2.24) is 9.03 Å². The molecule has 1 N–H and O–H groups in total. The second-order valence-corrected chi connectivity index (χ2v) is 8.58. The third kappa shape index (κ3) is 3.87. The van der Waals surface area contributed by atoms with E-state index in [9.17, 15) is 8.42 Å². The number of fused-ring (bicyclic) bond motifs is 2. The highest BCUT2D eigenvalue weighted by molar-refractivity contribution is 7.87. The second kappa shape index (κ2) is 6.79. The molecule has 0 spiro atoms. The molecule has 1 aliphatic carbocycles. The summed E-state index contributed by atoms with van der Waals surface area (Å²) >= 11 is 0. The zero-order valence-electron chi connectivity index (χ0n) is 13.9. The van der Waals surface area contributed by atoms with Gasteiger partial charge in [0.25, 0.3) is 10.2 Å². The minimum atomic E-state index is -3.36. The molecule has 1 aliphatic heterocycles. The lowest BCUT2D eigenvalue weighted by atomic mass is 10.0. The Balaban J connectivity index is 1.44. The van der Waals surface area contributed by atoms with Crippen molar-refractivity contribution in [3.05, 3.63) is 29.8 Å².